The van der Waals surface area contributed by atoms with Crippen LogP contribution in [0.2, 0.25) is 0 Å². The summed E-state index contributed by atoms with van der Waals surface area (Å²) in [5, 5.41) is 0. The quantitative estimate of drug-likeness (QED) is 0.796. The van der Waals surface area contributed by atoms with Gasteiger partial charge in [-0.05, 0) is 30.5 Å². The van der Waals surface area contributed by atoms with Crippen LogP contribution in [-0.2, 0) is 13.0 Å². The van der Waals surface area contributed by atoms with E-state index in [9.17, 15) is 4.39 Å². The lowest BCUT2D eigenvalue weighted by atomic mass is 9.98. The van der Waals surface area contributed by atoms with Crippen molar-refractivity contribution in [3.63, 3.8) is 0 Å². The first-order chi connectivity index (χ1) is 9.16. The van der Waals surface area contributed by atoms with Crippen LogP contribution in [0.25, 0.3) is 0 Å². The maximum absolute atomic E-state index is 14.1. The Morgan fingerprint density at radius 1 is 1.32 bits per heavy atom. The first-order valence-corrected chi connectivity index (χ1v) is 6.25. The highest BCUT2D eigenvalue weighted by Crippen LogP contribution is 2.28. The van der Waals surface area contributed by atoms with Crippen molar-refractivity contribution in [2.45, 2.75) is 19.9 Å². The van der Waals surface area contributed by atoms with Crippen LogP contribution in [0.4, 0.5) is 15.9 Å². The van der Waals surface area contributed by atoms with E-state index in [2.05, 4.69) is 16.0 Å². The van der Waals surface area contributed by atoms with Crippen molar-refractivity contribution in [2.75, 3.05) is 17.2 Å². The van der Waals surface area contributed by atoms with Gasteiger partial charge in [-0.15, -0.1) is 0 Å². The topological polar surface area (TPSA) is 55.0 Å². The second kappa shape index (κ2) is 4.50. The second-order valence-corrected chi connectivity index (χ2v) is 4.75. The molecule has 0 fully saturated rings. The number of nitrogens with two attached hydrogens (primary N) is 1. The molecular formula is C14H15FN4. The molecule has 0 saturated carbocycles. The maximum Gasteiger partial charge on any atom is 0.186 e. The van der Waals surface area contributed by atoms with E-state index in [1.165, 1.54) is 11.9 Å². The minimum atomic E-state index is -0.347. The molecule has 0 saturated heterocycles. The molecule has 19 heavy (non-hydrogen) atoms. The first kappa shape index (κ1) is 11.9. The number of hydrogen-bond acceptors (Lipinski definition) is 4. The summed E-state index contributed by atoms with van der Waals surface area (Å²) < 4.78 is 14.1. The van der Waals surface area contributed by atoms with Crippen molar-refractivity contribution < 1.29 is 4.39 Å². The summed E-state index contributed by atoms with van der Waals surface area (Å²) in [5.41, 5.74) is 9.44. The molecule has 0 atom stereocenters. The van der Waals surface area contributed by atoms with Crippen LogP contribution in [0.15, 0.2) is 24.5 Å². The molecule has 1 aliphatic rings. The fourth-order valence-electron chi connectivity index (χ4n) is 2.45. The summed E-state index contributed by atoms with van der Waals surface area (Å²) in [6.45, 7) is 2.98. The fourth-order valence-corrected chi connectivity index (χ4v) is 2.45. The number of anilines is 2. The summed E-state index contributed by atoms with van der Waals surface area (Å²) >= 11 is 0. The Labute approximate surface area is 111 Å². The van der Waals surface area contributed by atoms with Crippen molar-refractivity contribution in [3.8, 4) is 0 Å². The lowest BCUT2D eigenvalue weighted by Gasteiger charge is -2.30. The molecule has 5 heteroatoms. The Balaban J connectivity index is 1.98. The Bertz CT molecular complexity index is 627. The van der Waals surface area contributed by atoms with Crippen LogP contribution >= 0.6 is 0 Å². The standard InChI is InChI=1S/C14H15FN4/c1-9-13(15)14(18-8-17-9)19-6-5-10-3-2-4-12(16)11(10)7-19/h2-4,8H,5-7,16H2,1H3. The molecular weight excluding hydrogens is 243 g/mol. The SMILES string of the molecule is Cc1ncnc(N2CCc3cccc(N)c3C2)c1F. The van der Waals surface area contributed by atoms with Gasteiger partial charge in [-0.2, -0.15) is 0 Å². The van der Waals surface area contributed by atoms with Crippen molar-refractivity contribution in [1.82, 2.24) is 9.97 Å². The second-order valence-electron chi connectivity index (χ2n) is 4.75. The average Bonchev–Trinajstić information content (AvgIpc) is 2.42. The number of nitrogens with zero attached hydrogens (tertiary/aromatic N) is 3. The lowest BCUT2D eigenvalue weighted by Crippen LogP contribution is -2.32. The van der Waals surface area contributed by atoms with Gasteiger partial charge in [0.05, 0.1) is 5.69 Å². The molecule has 2 N–H and O–H groups in total. The highest BCUT2D eigenvalue weighted by atomic mass is 19.1. The summed E-state index contributed by atoms with van der Waals surface area (Å²) in [6, 6.07) is 5.91. The highest BCUT2D eigenvalue weighted by molar-refractivity contribution is 5.55. The number of hydrogen-bond donors (Lipinski definition) is 1. The van der Waals surface area contributed by atoms with Crippen molar-refractivity contribution in [1.29, 1.82) is 0 Å². The van der Waals surface area contributed by atoms with Crippen LogP contribution in [0.5, 0.6) is 0 Å². The predicted molar refractivity (Wildman–Crippen MR) is 72.3 cm³/mol. The van der Waals surface area contributed by atoms with Crippen LogP contribution in [0.1, 0.15) is 16.8 Å². The third-order valence-corrected chi connectivity index (χ3v) is 3.55. The Morgan fingerprint density at radius 3 is 3.00 bits per heavy atom. The molecule has 2 aromatic rings. The molecule has 0 unspecified atom stereocenters. The smallest absolute Gasteiger partial charge is 0.186 e. The molecule has 1 aliphatic heterocycles. The third kappa shape index (κ3) is 2.01. The maximum atomic E-state index is 14.1. The number of fused-ring (bicyclic) bond motifs is 1. The van der Waals surface area contributed by atoms with Gasteiger partial charge < -0.3 is 10.6 Å². The summed E-state index contributed by atoms with van der Waals surface area (Å²) in [5.74, 6) is 0.0156. The Hall–Kier alpha value is -2.17. The number of halogens is 1. The van der Waals surface area contributed by atoms with Crippen LogP contribution in [-0.4, -0.2) is 16.5 Å². The molecule has 0 radical (unpaired) electrons. The number of rotatable bonds is 1. The number of aryl methyl sites for hydroxylation is 1. The zero-order valence-electron chi connectivity index (χ0n) is 10.7. The molecule has 4 nitrogen and oxygen atoms in total. The number of benzene rings is 1. The summed E-state index contributed by atoms with van der Waals surface area (Å²) in [4.78, 5) is 9.84. The van der Waals surface area contributed by atoms with Gasteiger partial charge in [0.15, 0.2) is 11.6 Å². The van der Waals surface area contributed by atoms with E-state index in [-0.39, 0.29) is 5.82 Å². The number of aromatic nitrogens is 2. The zero-order chi connectivity index (χ0) is 13.4. The molecule has 98 valence electrons. The molecule has 0 amide bonds. The monoisotopic (exact) mass is 258 g/mol. The minimum absolute atomic E-state index is 0.347. The van der Waals surface area contributed by atoms with E-state index in [0.29, 0.717) is 18.1 Å². The third-order valence-electron chi connectivity index (χ3n) is 3.55. The Morgan fingerprint density at radius 2 is 2.16 bits per heavy atom. The van der Waals surface area contributed by atoms with Crippen LogP contribution in [0.3, 0.4) is 0 Å². The average molecular weight is 258 g/mol. The highest BCUT2D eigenvalue weighted by Gasteiger charge is 2.22. The normalized spacial score (nSPS) is 14.3. The van der Waals surface area contributed by atoms with Gasteiger partial charge in [0.1, 0.15) is 6.33 Å². The van der Waals surface area contributed by atoms with Crippen LogP contribution in [0, 0.1) is 12.7 Å². The van der Waals surface area contributed by atoms with Gasteiger partial charge in [0.2, 0.25) is 0 Å². The first-order valence-electron chi connectivity index (χ1n) is 6.25. The van der Waals surface area contributed by atoms with E-state index >= 15 is 0 Å². The summed E-state index contributed by atoms with van der Waals surface area (Å²) in [6.07, 6.45) is 2.25. The van der Waals surface area contributed by atoms with E-state index in [1.54, 1.807) is 6.92 Å². The van der Waals surface area contributed by atoms with Gasteiger partial charge in [-0.1, -0.05) is 12.1 Å². The minimum Gasteiger partial charge on any atom is -0.398 e. The van der Waals surface area contributed by atoms with E-state index in [0.717, 1.165) is 24.2 Å². The van der Waals surface area contributed by atoms with Gasteiger partial charge >= 0.3 is 0 Å². The van der Waals surface area contributed by atoms with Gasteiger partial charge in [-0.3, -0.25) is 0 Å². The molecule has 2 heterocycles. The van der Waals surface area contributed by atoms with Crippen LogP contribution < -0.4 is 10.6 Å². The van der Waals surface area contributed by atoms with Crippen molar-refractivity contribution in [3.05, 3.63) is 47.2 Å². The molecule has 3 rings (SSSR count). The predicted octanol–water partition coefficient (Wildman–Crippen LogP) is 2.07. The van der Waals surface area contributed by atoms with E-state index in [1.807, 2.05) is 17.0 Å². The van der Waals surface area contributed by atoms with Crippen molar-refractivity contribution in [2.24, 2.45) is 0 Å². The zero-order valence-corrected chi connectivity index (χ0v) is 10.7. The van der Waals surface area contributed by atoms with Gasteiger partial charge in [-0.25, -0.2) is 14.4 Å². The fraction of sp³-hybridized carbons (Fsp3) is 0.286. The number of nitrogen functional groups attached to an aromatic ring is 1. The molecule has 0 aliphatic carbocycles. The molecule has 0 bridgehead atoms. The van der Waals surface area contributed by atoms with E-state index in [4.69, 9.17) is 5.73 Å². The molecule has 1 aromatic carbocycles. The van der Waals surface area contributed by atoms with Crippen molar-refractivity contribution >= 4 is 11.5 Å². The Kier molecular flexibility index (Phi) is 2.81. The largest absolute Gasteiger partial charge is 0.398 e. The van der Waals surface area contributed by atoms with E-state index < -0.39 is 0 Å². The van der Waals surface area contributed by atoms with Gasteiger partial charge in [0, 0.05) is 18.8 Å². The van der Waals surface area contributed by atoms with Gasteiger partial charge in [0.25, 0.3) is 0 Å². The molecule has 0 spiro atoms. The molecule has 1 aromatic heterocycles. The summed E-state index contributed by atoms with van der Waals surface area (Å²) in [7, 11) is 0. The lowest BCUT2D eigenvalue weighted by molar-refractivity contribution is 0.584.